The summed E-state index contributed by atoms with van der Waals surface area (Å²) < 4.78 is 5.40. The summed E-state index contributed by atoms with van der Waals surface area (Å²) in [5.74, 6) is 0.234. The molecule has 1 aliphatic rings. The van der Waals surface area contributed by atoms with Crippen molar-refractivity contribution in [1.29, 1.82) is 0 Å². The van der Waals surface area contributed by atoms with Crippen LogP contribution < -0.4 is 0 Å². The standard InChI is InChI=1S/C16H20N4O2/c1-20(8-5-13-4-2-3-7-17-13)16(21)14-10-18-19-15(14)12-6-9-22-11-12/h2-4,7,10,12H,5-6,8-9,11H2,1H3,(H,18,19)/t12-/m1/s1. The molecule has 1 fully saturated rings. The Bertz CT molecular complexity index is 620. The van der Waals surface area contributed by atoms with Crippen LogP contribution in [0.15, 0.2) is 30.6 Å². The Hall–Kier alpha value is -2.21. The predicted octanol–water partition coefficient (Wildman–Crippen LogP) is 1.62. The summed E-state index contributed by atoms with van der Waals surface area (Å²) >= 11 is 0. The highest BCUT2D eigenvalue weighted by Crippen LogP contribution is 2.26. The maximum Gasteiger partial charge on any atom is 0.257 e. The Morgan fingerprint density at radius 3 is 3.14 bits per heavy atom. The van der Waals surface area contributed by atoms with Gasteiger partial charge in [-0.2, -0.15) is 5.10 Å². The van der Waals surface area contributed by atoms with E-state index in [-0.39, 0.29) is 11.8 Å². The molecule has 0 spiro atoms. The van der Waals surface area contributed by atoms with Gasteiger partial charge < -0.3 is 9.64 Å². The third-order valence-electron chi connectivity index (χ3n) is 4.01. The zero-order valence-corrected chi connectivity index (χ0v) is 12.7. The number of hydrogen-bond donors (Lipinski definition) is 1. The smallest absolute Gasteiger partial charge is 0.257 e. The van der Waals surface area contributed by atoms with Crippen LogP contribution in [0.2, 0.25) is 0 Å². The average Bonchev–Trinajstić information content (AvgIpc) is 3.23. The predicted molar refractivity (Wildman–Crippen MR) is 81.7 cm³/mol. The van der Waals surface area contributed by atoms with Crippen LogP contribution in [0.25, 0.3) is 0 Å². The lowest BCUT2D eigenvalue weighted by Gasteiger charge is -2.18. The van der Waals surface area contributed by atoms with Crippen LogP contribution in [0.4, 0.5) is 0 Å². The van der Waals surface area contributed by atoms with Gasteiger partial charge in [0, 0.05) is 44.4 Å². The van der Waals surface area contributed by atoms with E-state index in [1.165, 1.54) is 0 Å². The molecule has 1 N–H and O–H groups in total. The first-order valence-corrected chi connectivity index (χ1v) is 7.52. The van der Waals surface area contributed by atoms with Gasteiger partial charge in [-0.15, -0.1) is 0 Å². The monoisotopic (exact) mass is 300 g/mol. The summed E-state index contributed by atoms with van der Waals surface area (Å²) in [4.78, 5) is 18.6. The van der Waals surface area contributed by atoms with Gasteiger partial charge in [0.1, 0.15) is 0 Å². The number of ether oxygens (including phenoxy) is 1. The Kier molecular flexibility index (Phi) is 4.48. The molecule has 22 heavy (non-hydrogen) atoms. The molecule has 2 aromatic rings. The highest BCUT2D eigenvalue weighted by molar-refractivity contribution is 5.95. The van der Waals surface area contributed by atoms with E-state index in [1.54, 1.807) is 17.3 Å². The number of aromatic amines is 1. The fourth-order valence-corrected chi connectivity index (χ4v) is 2.68. The van der Waals surface area contributed by atoms with Gasteiger partial charge >= 0.3 is 0 Å². The molecule has 0 aliphatic carbocycles. The molecule has 0 unspecified atom stereocenters. The van der Waals surface area contributed by atoms with Gasteiger partial charge in [0.05, 0.1) is 24.1 Å². The third-order valence-corrected chi connectivity index (χ3v) is 4.01. The number of H-pyrrole nitrogens is 1. The molecule has 1 saturated heterocycles. The first kappa shape index (κ1) is 14.7. The first-order valence-electron chi connectivity index (χ1n) is 7.52. The molecule has 1 aliphatic heterocycles. The minimum atomic E-state index is -0.00780. The maximum atomic E-state index is 12.6. The molecular weight excluding hydrogens is 280 g/mol. The van der Waals surface area contributed by atoms with Crippen molar-refractivity contribution in [3.8, 4) is 0 Å². The number of likely N-dealkylation sites (N-methyl/N-ethyl adjacent to an activating group) is 1. The molecule has 6 heteroatoms. The number of pyridine rings is 1. The molecule has 1 amide bonds. The molecule has 6 nitrogen and oxygen atoms in total. The number of carbonyl (C=O) groups is 1. The van der Waals surface area contributed by atoms with E-state index in [0.717, 1.165) is 30.8 Å². The van der Waals surface area contributed by atoms with E-state index in [0.29, 0.717) is 18.7 Å². The Labute approximate surface area is 129 Å². The molecule has 0 saturated carbocycles. The fourth-order valence-electron chi connectivity index (χ4n) is 2.68. The zero-order chi connectivity index (χ0) is 15.4. The van der Waals surface area contributed by atoms with E-state index in [2.05, 4.69) is 15.2 Å². The van der Waals surface area contributed by atoms with Crippen LogP contribution in [0.5, 0.6) is 0 Å². The van der Waals surface area contributed by atoms with Gasteiger partial charge in [-0.1, -0.05) is 6.07 Å². The summed E-state index contributed by atoms with van der Waals surface area (Å²) in [6.45, 7) is 2.02. The molecule has 0 bridgehead atoms. The molecule has 0 radical (unpaired) electrons. The summed E-state index contributed by atoms with van der Waals surface area (Å²) in [5.41, 5.74) is 2.53. The van der Waals surface area contributed by atoms with Crippen LogP contribution in [0.3, 0.4) is 0 Å². The fraction of sp³-hybridized carbons (Fsp3) is 0.438. The topological polar surface area (TPSA) is 71.1 Å². The van der Waals surface area contributed by atoms with Crippen LogP contribution >= 0.6 is 0 Å². The molecule has 3 rings (SSSR count). The highest BCUT2D eigenvalue weighted by atomic mass is 16.5. The summed E-state index contributed by atoms with van der Waals surface area (Å²) in [7, 11) is 1.81. The minimum absolute atomic E-state index is 0.00780. The number of aromatic nitrogens is 3. The van der Waals surface area contributed by atoms with Gasteiger partial charge in [0.2, 0.25) is 0 Å². The van der Waals surface area contributed by atoms with Gasteiger partial charge in [0.25, 0.3) is 5.91 Å². The quantitative estimate of drug-likeness (QED) is 0.911. The number of hydrogen-bond acceptors (Lipinski definition) is 4. The second-order valence-electron chi connectivity index (χ2n) is 5.56. The van der Waals surface area contributed by atoms with Crippen LogP contribution in [0, 0.1) is 0 Å². The van der Waals surface area contributed by atoms with E-state index in [4.69, 9.17) is 4.74 Å². The maximum absolute atomic E-state index is 12.6. The van der Waals surface area contributed by atoms with Crippen molar-refractivity contribution in [2.24, 2.45) is 0 Å². The van der Waals surface area contributed by atoms with Gasteiger partial charge in [-0.3, -0.25) is 14.9 Å². The van der Waals surface area contributed by atoms with Crippen molar-refractivity contribution < 1.29 is 9.53 Å². The lowest BCUT2D eigenvalue weighted by molar-refractivity contribution is 0.0794. The normalized spacial score (nSPS) is 17.6. The lowest BCUT2D eigenvalue weighted by atomic mass is 10.0. The Morgan fingerprint density at radius 2 is 2.41 bits per heavy atom. The molecule has 3 heterocycles. The molecule has 2 aromatic heterocycles. The van der Waals surface area contributed by atoms with Crippen molar-refractivity contribution in [3.63, 3.8) is 0 Å². The summed E-state index contributed by atoms with van der Waals surface area (Å²) in [6, 6.07) is 5.82. The van der Waals surface area contributed by atoms with Crippen molar-refractivity contribution in [2.75, 3.05) is 26.8 Å². The first-order chi connectivity index (χ1) is 10.8. The lowest BCUT2D eigenvalue weighted by Crippen LogP contribution is -2.29. The number of nitrogens with zero attached hydrogens (tertiary/aromatic N) is 3. The second kappa shape index (κ2) is 6.70. The minimum Gasteiger partial charge on any atom is -0.381 e. The Morgan fingerprint density at radius 1 is 1.50 bits per heavy atom. The van der Waals surface area contributed by atoms with Gasteiger partial charge in [-0.05, 0) is 18.6 Å². The average molecular weight is 300 g/mol. The largest absolute Gasteiger partial charge is 0.381 e. The molecule has 0 aromatic carbocycles. The van der Waals surface area contributed by atoms with E-state index in [1.807, 2.05) is 25.2 Å². The van der Waals surface area contributed by atoms with Crippen molar-refractivity contribution in [3.05, 3.63) is 47.5 Å². The third kappa shape index (κ3) is 3.17. The van der Waals surface area contributed by atoms with Crippen LogP contribution in [-0.2, 0) is 11.2 Å². The van der Waals surface area contributed by atoms with Gasteiger partial charge in [0.15, 0.2) is 0 Å². The Balaban J connectivity index is 1.64. The summed E-state index contributed by atoms with van der Waals surface area (Å²) in [5, 5.41) is 7.02. The summed E-state index contributed by atoms with van der Waals surface area (Å²) in [6.07, 6.45) is 5.06. The van der Waals surface area contributed by atoms with E-state index < -0.39 is 0 Å². The second-order valence-corrected chi connectivity index (χ2v) is 5.56. The van der Waals surface area contributed by atoms with E-state index >= 15 is 0 Å². The number of carbonyl (C=O) groups excluding carboxylic acids is 1. The number of amides is 1. The number of nitrogens with one attached hydrogen (secondary N) is 1. The van der Waals surface area contributed by atoms with Gasteiger partial charge in [-0.25, -0.2) is 0 Å². The SMILES string of the molecule is CN(CCc1ccccn1)C(=O)c1cn[nH]c1[C@@H]1CCOC1. The zero-order valence-electron chi connectivity index (χ0n) is 12.7. The van der Waals surface area contributed by atoms with Crippen LogP contribution in [0.1, 0.15) is 34.1 Å². The number of rotatable bonds is 5. The molecule has 116 valence electrons. The van der Waals surface area contributed by atoms with E-state index in [9.17, 15) is 4.79 Å². The van der Waals surface area contributed by atoms with Crippen molar-refractivity contribution >= 4 is 5.91 Å². The van der Waals surface area contributed by atoms with Crippen molar-refractivity contribution in [2.45, 2.75) is 18.8 Å². The van der Waals surface area contributed by atoms with Crippen LogP contribution in [-0.4, -0.2) is 52.8 Å². The highest BCUT2D eigenvalue weighted by Gasteiger charge is 2.26. The van der Waals surface area contributed by atoms with Crippen molar-refractivity contribution in [1.82, 2.24) is 20.1 Å². The molecular formula is C16H20N4O2. The molecule has 1 atom stereocenters.